The minimum atomic E-state index is -5.23. The molecule has 13 heteroatoms. The lowest BCUT2D eigenvalue weighted by Gasteiger charge is -2.28. The molecule has 0 atom stereocenters. The van der Waals surface area contributed by atoms with E-state index < -0.39 is 24.5 Å². The summed E-state index contributed by atoms with van der Waals surface area (Å²) in [6.07, 6.45) is -0.105. The molecule has 1 aliphatic heterocycles. The van der Waals surface area contributed by atoms with Crippen molar-refractivity contribution in [3.8, 4) is 11.3 Å². The summed E-state index contributed by atoms with van der Waals surface area (Å²) in [6, 6.07) is 21.0. The number of carbonyl (C=O) groups excluding carboxylic acids is 2. The number of nitrogens with zero attached hydrogens (tertiary/aromatic N) is 5. The Labute approximate surface area is 255 Å². The van der Waals surface area contributed by atoms with Crippen LogP contribution in [0.2, 0.25) is 0 Å². The second kappa shape index (κ2) is 12.7. The standard InChI is InChI=1S/C32H27F3N6O4/c33-32(34,35)31(43)45-28(42)14-15-36-23-8-6-22(7-9-23)29-26(12-11-24-10-5-21-3-1-2-4-25(21)38-24)39-30-27(13-16-37-41(29)30)40-17-19-44-20-18-40/h1-13,16,36H,14-15,17-20H2/b12-11+. The van der Waals surface area contributed by atoms with E-state index in [9.17, 15) is 22.8 Å². The number of benzene rings is 2. The number of esters is 2. The highest BCUT2D eigenvalue weighted by atomic mass is 19.4. The van der Waals surface area contributed by atoms with Crippen molar-refractivity contribution in [1.82, 2.24) is 19.6 Å². The molecule has 0 unspecified atom stereocenters. The summed E-state index contributed by atoms with van der Waals surface area (Å²) in [5.74, 6) is -3.80. The van der Waals surface area contributed by atoms with Gasteiger partial charge in [0.1, 0.15) is 5.69 Å². The average Bonchev–Trinajstić information content (AvgIpc) is 3.42. The lowest BCUT2D eigenvalue weighted by molar-refractivity contribution is -0.201. The van der Waals surface area contributed by atoms with E-state index in [4.69, 9.17) is 14.7 Å². The van der Waals surface area contributed by atoms with Gasteiger partial charge in [0.15, 0.2) is 5.65 Å². The molecule has 0 radical (unpaired) electrons. The topological polar surface area (TPSA) is 111 Å². The lowest BCUT2D eigenvalue weighted by Crippen LogP contribution is -2.36. The van der Waals surface area contributed by atoms with Crippen molar-refractivity contribution in [3.05, 3.63) is 84.3 Å². The molecular weight excluding hydrogens is 589 g/mol. The lowest BCUT2D eigenvalue weighted by atomic mass is 10.1. The second-order valence-corrected chi connectivity index (χ2v) is 10.2. The van der Waals surface area contributed by atoms with Crippen molar-refractivity contribution >= 4 is 52.0 Å². The van der Waals surface area contributed by atoms with E-state index in [1.807, 2.05) is 66.7 Å². The van der Waals surface area contributed by atoms with Gasteiger partial charge in [-0.15, -0.1) is 0 Å². The van der Waals surface area contributed by atoms with Gasteiger partial charge in [0.2, 0.25) is 0 Å². The van der Waals surface area contributed by atoms with Crippen LogP contribution in [0.15, 0.2) is 72.9 Å². The van der Waals surface area contributed by atoms with Crippen LogP contribution >= 0.6 is 0 Å². The molecule has 1 N–H and O–H groups in total. The molecule has 1 fully saturated rings. The Bertz CT molecular complexity index is 1880. The van der Waals surface area contributed by atoms with Crippen molar-refractivity contribution in [3.63, 3.8) is 0 Å². The van der Waals surface area contributed by atoms with Crippen LogP contribution in [-0.2, 0) is 19.1 Å². The van der Waals surface area contributed by atoms with Gasteiger partial charge in [0, 0.05) is 36.3 Å². The number of nitrogens with one attached hydrogen (secondary N) is 1. The third kappa shape index (κ3) is 6.78. The van der Waals surface area contributed by atoms with E-state index in [-0.39, 0.29) is 6.54 Å². The fourth-order valence-electron chi connectivity index (χ4n) is 5.00. The number of hydrogen-bond donors (Lipinski definition) is 1. The quantitative estimate of drug-likeness (QED) is 0.181. The predicted molar refractivity (Wildman–Crippen MR) is 162 cm³/mol. The number of anilines is 2. The summed E-state index contributed by atoms with van der Waals surface area (Å²) in [5.41, 5.74) is 6.13. The maximum atomic E-state index is 12.3. The fraction of sp³-hybridized carbons (Fsp3) is 0.219. The second-order valence-electron chi connectivity index (χ2n) is 10.2. The number of morpholine rings is 1. The van der Waals surface area contributed by atoms with Crippen molar-refractivity contribution in [2.45, 2.75) is 12.6 Å². The van der Waals surface area contributed by atoms with Gasteiger partial charge in [-0.25, -0.2) is 19.3 Å². The Morgan fingerprint density at radius 3 is 2.51 bits per heavy atom. The molecule has 6 rings (SSSR count). The first-order valence-corrected chi connectivity index (χ1v) is 14.2. The van der Waals surface area contributed by atoms with Gasteiger partial charge in [-0.1, -0.05) is 36.4 Å². The smallest absolute Gasteiger partial charge is 0.386 e. The Kier molecular flexibility index (Phi) is 8.43. The molecule has 10 nitrogen and oxygen atoms in total. The number of halogens is 3. The zero-order chi connectivity index (χ0) is 31.4. The number of pyridine rings is 1. The molecule has 1 aliphatic rings. The first kappa shape index (κ1) is 29.8. The maximum Gasteiger partial charge on any atom is 0.491 e. The summed E-state index contributed by atoms with van der Waals surface area (Å²) < 4.78 is 48.1. The normalized spacial score (nSPS) is 13.9. The third-order valence-corrected chi connectivity index (χ3v) is 7.16. The monoisotopic (exact) mass is 616 g/mol. The summed E-state index contributed by atoms with van der Waals surface area (Å²) in [7, 11) is 0. The van der Waals surface area contributed by atoms with Gasteiger partial charge in [0.05, 0.1) is 48.4 Å². The number of para-hydroxylation sites is 1. The van der Waals surface area contributed by atoms with Gasteiger partial charge >= 0.3 is 18.1 Å². The third-order valence-electron chi connectivity index (χ3n) is 7.16. The van der Waals surface area contributed by atoms with Crippen molar-refractivity contribution in [1.29, 1.82) is 0 Å². The van der Waals surface area contributed by atoms with Crippen LogP contribution < -0.4 is 10.2 Å². The first-order valence-electron chi connectivity index (χ1n) is 14.2. The van der Waals surface area contributed by atoms with E-state index in [0.717, 1.165) is 46.6 Å². The Balaban J connectivity index is 1.28. The van der Waals surface area contributed by atoms with Crippen LogP contribution in [0.5, 0.6) is 0 Å². The SMILES string of the molecule is O=C(CCNc1ccc(-c2c(/C=C/c3ccc4ccccc4n3)nc3c(N4CCOCC4)ccnn23)cc1)OC(=O)C(F)(F)F. The number of carbonyl (C=O) groups is 2. The van der Waals surface area contributed by atoms with Crippen molar-refractivity contribution < 1.29 is 32.2 Å². The average molecular weight is 617 g/mol. The highest BCUT2D eigenvalue weighted by molar-refractivity contribution is 5.89. The molecule has 0 bridgehead atoms. The Hall–Kier alpha value is -5.30. The highest BCUT2D eigenvalue weighted by Crippen LogP contribution is 2.31. The van der Waals surface area contributed by atoms with E-state index in [0.29, 0.717) is 30.2 Å². The van der Waals surface area contributed by atoms with Crippen LogP contribution in [0, 0.1) is 0 Å². The zero-order valence-electron chi connectivity index (χ0n) is 23.8. The number of aromatic nitrogens is 4. The number of ether oxygens (including phenoxy) is 2. The van der Waals surface area contributed by atoms with Gasteiger partial charge < -0.3 is 19.7 Å². The van der Waals surface area contributed by atoms with Crippen LogP contribution in [0.25, 0.3) is 40.0 Å². The number of fused-ring (bicyclic) bond motifs is 2. The van der Waals surface area contributed by atoms with Crippen molar-refractivity contribution in [2.24, 2.45) is 0 Å². The fourth-order valence-corrected chi connectivity index (χ4v) is 5.00. The highest BCUT2D eigenvalue weighted by Gasteiger charge is 2.42. The molecule has 5 aromatic rings. The molecule has 2 aromatic carbocycles. The van der Waals surface area contributed by atoms with E-state index >= 15 is 0 Å². The first-order chi connectivity index (χ1) is 21.8. The van der Waals surface area contributed by atoms with Crippen molar-refractivity contribution in [2.75, 3.05) is 43.1 Å². The minimum absolute atomic E-state index is 0.0316. The van der Waals surface area contributed by atoms with E-state index in [1.54, 1.807) is 22.8 Å². The Morgan fingerprint density at radius 1 is 0.956 bits per heavy atom. The Morgan fingerprint density at radius 2 is 1.73 bits per heavy atom. The molecule has 0 aliphatic carbocycles. The van der Waals surface area contributed by atoms with Gasteiger partial charge in [-0.2, -0.15) is 18.3 Å². The summed E-state index contributed by atoms with van der Waals surface area (Å²) in [4.78, 5) is 34.4. The van der Waals surface area contributed by atoms with E-state index in [2.05, 4.69) is 20.1 Å². The van der Waals surface area contributed by atoms with Crippen LogP contribution in [0.1, 0.15) is 17.8 Å². The molecule has 0 spiro atoms. The molecule has 230 valence electrons. The predicted octanol–water partition coefficient (Wildman–Crippen LogP) is 5.39. The maximum absolute atomic E-state index is 12.3. The molecule has 45 heavy (non-hydrogen) atoms. The molecule has 4 heterocycles. The number of hydrogen-bond acceptors (Lipinski definition) is 9. The summed E-state index contributed by atoms with van der Waals surface area (Å²) >= 11 is 0. The summed E-state index contributed by atoms with van der Waals surface area (Å²) in [6.45, 7) is 2.66. The minimum Gasteiger partial charge on any atom is -0.386 e. The molecule has 3 aromatic heterocycles. The van der Waals surface area contributed by atoms with Gasteiger partial charge in [0.25, 0.3) is 0 Å². The van der Waals surface area contributed by atoms with Crippen LogP contribution in [-0.4, -0.2) is 70.5 Å². The van der Waals surface area contributed by atoms with Gasteiger partial charge in [-0.05, 0) is 42.5 Å². The number of rotatable bonds is 8. The molecule has 0 amide bonds. The number of alkyl halides is 3. The largest absolute Gasteiger partial charge is 0.491 e. The summed E-state index contributed by atoms with van der Waals surface area (Å²) in [5, 5.41) is 8.63. The molecule has 0 saturated carbocycles. The van der Waals surface area contributed by atoms with Crippen LogP contribution in [0.3, 0.4) is 0 Å². The molecular formula is C32H27F3N6O4. The molecule has 1 saturated heterocycles. The zero-order valence-corrected chi connectivity index (χ0v) is 23.8. The number of imidazole rings is 1. The van der Waals surface area contributed by atoms with E-state index in [1.165, 1.54) is 0 Å². The van der Waals surface area contributed by atoms with Gasteiger partial charge in [-0.3, -0.25) is 4.79 Å². The van der Waals surface area contributed by atoms with Crippen LogP contribution in [0.4, 0.5) is 24.5 Å².